The first-order valence-electron chi connectivity index (χ1n) is 6.69. The molecule has 0 radical (unpaired) electrons. The number of hydrogen-bond acceptors (Lipinski definition) is 4. The van der Waals surface area contributed by atoms with Crippen LogP contribution in [0, 0.1) is 3.57 Å². The van der Waals surface area contributed by atoms with Crippen molar-refractivity contribution in [2.24, 2.45) is 0 Å². The van der Waals surface area contributed by atoms with E-state index >= 15 is 0 Å². The van der Waals surface area contributed by atoms with Gasteiger partial charge in [0.15, 0.2) is 5.82 Å². The summed E-state index contributed by atoms with van der Waals surface area (Å²) in [6.45, 7) is 0. The number of nitrogen functional groups attached to an aromatic ring is 1. The van der Waals surface area contributed by atoms with E-state index in [4.69, 9.17) is 10.3 Å². The number of nitrogens with zero attached hydrogens (tertiary/aromatic N) is 2. The Morgan fingerprint density at radius 3 is 2.90 bits per heavy atom. The largest absolute Gasteiger partial charge is 0.398 e. The molecule has 4 nitrogen and oxygen atoms in total. The summed E-state index contributed by atoms with van der Waals surface area (Å²) in [4.78, 5) is 4.54. The summed E-state index contributed by atoms with van der Waals surface area (Å²) >= 11 is 2.24. The highest BCUT2D eigenvalue weighted by Crippen LogP contribution is 2.39. The Labute approximate surface area is 135 Å². The first-order valence-corrected chi connectivity index (χ1v) is 7.77. The maximum absolute atomic E-state index is 6.00. The van der Waals surface area contributed by atoms with Crippen LogP contribution in [0.4, 0.5) is 5.69 Å². The fourth-order valence-corrected chi connectivity index (χ4v) is 3.18. The molecule has 1 atom stereocenters. The molecule has 1 heterocycles. The van der Waals surface area contributed by atoms with Crippen LogP contribution in [0.2, 0.25) is 0 Å². The zero-order chi connectivity index (χ0) is 14.4. The summed E-state index contributed by atoms with van der Waals surface area (Å²) in [7, 11) is 0. The highest BCUT2D eigenvalue weighted by Gasteiger charge is 2.31. The first-order chi connectivity index (χ1) is 10.2. The lowest BCUT2D eigenvalue weighted by molar-refractivity contribution is 0.416. The third-order valence-corrected chi connectivity index (χ3v) is 4.52. The van der Waals surface area contributed by atoms with Crippen molar-refractivity contribution in [1.82, 2.24) is 10.1 Å². The van der Waals surface area contributed by atoms with Crippen LogP contribution in [0.5, 0.6) is 0 Å². The first kappa shape index (κ1) is 12.8. The van der Waals surface area contributed by atoms with Gasteiger partial charge in [0, 0.05) is 9.26 Å². The second-order valence-corrected chi connectivity index (χ2v) is 6.39. The lowest BCUT2D eigenvalue weighted by atomic mass is 9.77. The minimum Gasteiger partial charge on any atom is -0.398 e. The normalized spacial score (nSPS) is 16.3. The Balaban J connectivity index is 1.70. The second-order valence-electron chi connectivity index (χ2n) is 5.14. The molecule has 104 valence electrons. The minimum absolute atomic E-state index is 0.239. The standard InChI is InChI=1S/C16H12IN3O/c17-10-5-6-14(18)13(8-10)16-19-15(20-21-16)12-7-9-3-1-2-4-11(9)12/h1-6,8,12H,7,18H2. The molecule has 0 aliphatic heterocycles. The van der Waals surface area contributed by atoms with Crippen molar-refractivity contribution in [3.05, 3.63) is 63.0 Å². The number of benzene rings is 2. The molecule has 0 fully saturated rings. The molecular weight excluding hydrogens is 377 g/mol. The molecule has 1 aliphatic rings. The molecule has 0 spiro atoms. The Hall–Kier alpha value is -1.89. The number of nitrogens with two attached hydrogens (primary N) is 1. The predicted octanol–water partition coefficient (Wildman–Crippen LogP) is 3.61. The quantitative estimate of drug-likeness (QED) is 0.537. The van der Waals surface area contributed by atoms with Gasteiger partial charge in [-0.05, 0) is 58.3 Å². The Kier molecular flexibility index (Phi) is 2.95. The van der Waals surface area contributed by atoms with Gasteiger partial charge in [-0.1, -0.05) is 29.4 Å². The Bertz CT molecular complexity index is 828. The zero-order valence-electron chi connectivity index (χ0n) is 11.1. The molecule has 0 saturated heterocycles. The zero-order valence-corrected chi connectivity index (χ0v) is 13.2. The summed E-state index contributed by atoms with van der Waals surface area (Å²) in [5.41, 5.74) is 10.1. The number of fused-ring (bicyclic) bond motifs is 1. The molecule has 21 heavy (non-hydrogen) atoms. The number of rotatable bonds is 2. The van der Waals surface area contributed by atoms with Crippen molar-refractivity contribution in [1.29, 1.82) is 0 Å². The van der Waals surface area contributed by atoms with Crippen LogP contribution in [0.3, 0.4) is 0 Å². The van der Waals surface area contributed by atoms with Crippen LogP contribution in [-0.2, 0) is 6.42 Å². The lowest BCUT2D eigenvalue weighted by Gasteiger charge is -2.27. The highest BCUT2D eigenvalue weighted by atomic mass is 127. The molecule has 1 aromatic heterocycles. The van der Waals surface area contributed by atoms with Gasteiger partial charge in [0.05, 0.1) is 11.5 Å². The van der Waals surface area contributed by atoms with Gasteiger partial charge in [0.2, 0.25) is 0 Å². The van der Waals surface area contributed by atoms with E-state index in [0.717, 1.165) is 21.4 Å². The molecule has 3 aromatic rings. The maximum atomic E-state index is 6.00. The smallest absolute Gasteiger partial charge is 0.260 e. The molecule has 1 aliphatic carbocycles. The second kappa shape index (κ2) is 4.84. The topological polar surface area (TPSA) is 64.9 Å². The van der Waals surface area contributed by atoms with Crippen LogP contribution < -0.4 is 5.73 Å². The van der Waals surface area contributed by atoms with E-state index in [1.54, 1.807) is 0 Å². The number of aromatic nitrogens is 2. The van der Waals surface area contributed by atoms with E-state index in [1.807, 2.05) is 24.3 Å². The van der Waals surface area contributed by atoms with Crippen LogP contribution >= 0.6 is 22.6 Å². The fraction of sp³-hybridized carbons (Fsp3) is 0.125. The third-order valence-electron chi connectivity index (χ3n) is 3.85. The SMILES string of the molecule is Nc1ccc(I)cc1-c1nc(C2Cc3ccccc32)no1. The van der Waals surface area contributed by atoms with Crippen molar-refractivity contribution < 1.29 is 4.52 Å². The van der Waals surface area contributed by atoms with Crippen molar-refractivity contribution in [3.8, 4) is 11.5 Å². The van der Waals surface area contributed by atoms with Crippen molar-refractivity contribution in [2.75, 3.05) is 5.73 Å². The third kappa shape index (κ3) is 2.12. The predicted molar refractivity (Wildman–Crippen MR) is 88.9 cm³/mol. The highest BCUT2D eigenvalue weighted by molar-refractivity contribution is 14.1. The summed E-state index contributed by atoms with van der Waals surface area (Å²) in [5, 5.41) is 4.14. The molecule has 2 N–H and O–H groups in total. The molecular formula is C16H12IN3O. The van der Waals surface area contributed by atoms with Crippen LogP contribution in [0.1, 0.15) is 22.9 Å². The Morgan fingerprint density at radius 1 is 1.19 bits per heavy atom. The average Bonchev–Trinajstić information content (AvgIpc) is 2.92. The number of hydrogen-bond donors (Lipinski definition) is 1. The van der Waals surface area contributed by atoms with E-state index in [9.17, 15) is 0 Å². The van der Waals surface area contributed by atoms with Gasteiger partial charge < -0.3 is 10.3 Å². The summed E-state index contributed by atoms with van der Waals surface area (Å²) < 4.78 is 6.50. The van der Waals surface area contributed by atoms with E-state index in [1.165, 1.54) is 11.1 Å². The van der Waals surface area contributed by atoms with Crippen LogP contribution in [-0.4, -0.2) is 10.1 Å². The van der Waals surface area contributed by atoms with E-state index in [-0.39, 0.29) is 5.92 Å². The van der Waals surface area contributed by atoms with Gasteiger partial charge in [-0.25, -0.2) is 0 Å². The molecule has 1 unspecified atom stereocenters. The molecule has 2 aromatic carbocycles. The lowest BCUT2D eigenvalue weighted by Crippen LogP contribution is -2.19. The van der Waals surface area contributed by atoms with E-state index in [0.29, 0.717) is 11.6 Å². The van der Waals surface area contributed by atoms with Gasteiger partial charge in [-0.3, -0.25) is 0 Å². The fourth-order valence-electron chi connectivity index (χ4n) is 2.69. The van der Waals surface area contributed by atoms with Crippen LogP contribution in [0.25, 0.3) is 11.5 Å². The van der Waals surface area contributed by atoms with Crippen molar-refractivity contribution >= 4 is 28.3 Å². The molecule has 0 bridgehead atoms. The van der Waals surface area contributed by atoms with E-state index < -0.39 is 0 Å². The summed E-state index contributed by atoms with van der Waals surface area (Å²) in [5.74, 6) is 1.47. The summed E-state index contributed by atoms with van der Waals surface area (Å²) in [6.07, 6.45) is 0.969. The van der Waals surface area contributed by atoms with Gasteiger partial charge in [-0.15, -0.1) is 0 Å². The molecule has 5 heteroatoms. The monoisotopic (exact) mass is 389 g/mol. The molecule has 0 amide bonds. The van der Waals surface area contributed by atoms with Gasteiger partial charge >= 0.3 is 0 Å². The van der Waals surface area contributed by atoms with Crippen LogP contribution in [0.15, 0.2) is 47.0 Å². The number of halogens is 1. The van der Waals surface area contributed by atoms with Gasteiger partial charge in [0.1, 0.15) is 0 Å². The van der Waals surface area contributed by atoms with Gasteiger partial charge in [-0.2, -0.15) is 4.98 Å². The minimum atomic E-state index is 0.239. The van der Waals surface area contributed by atoms with Crippen molar-refractivity contribution in [3.63, 3.8) is 0 Å². The maximum Gasteiger partial charge on any atom is 0.260 e. The summed E-state index contributed by atoms with van der Waals surface area (Å²) in [6, 6.07) is 14.1. The molecule has 0 saturated carbocycles. The number of anilines is 1. The van der Waals surface area contributed by atoms with Gasteiger partial charge in [0.25, 0.3) is 5.89 Å². The molecule has 4 rings (SSSR count). The Morgan fingerprint density at radius 2 is 2.05 bits per heavy atom. The average molecular weight is 389 g/mol. The van der Waals surface area contributed by atoms with E-state index in [2.05, 4.69) is 50.9 Å². The van der Waals surface area contributed by atoms with Crippen molar-refractivity contribution in [2.45, 2.75) is 12.3 Å².